The van der Waals surface area contributed by atoms with Crippen molar-refractivity contribution in [1.29, 1.82) is 0 Å². The van der Waals surface area contributed by atoms with E-state index in [0.29, 0.717) is 5.56 Å². The monoisotopic (exact) mass is 359 g/mol. The highest BCUT2D eigenvalue weighted by Crippen LogP contribution is 2.14. The van der Waals surface area contributed by atoms with E-state index in [1.165, 1.54) is 12.8 Å². The van der Waals surface area contributed by atoms with Gasteiger partial charge in [0.1, 0.15) is 0 Å². The summed E-state index contributed by atoms with van der Waals surface area (Å²) in [4.78, 5) is 29.0. The molecule has 0 spiro atoms. The van der Waals surface area contributed by atoms with Gasteiger partial charge < -0.3 is 15.1 Å². The molecule has 2 amide bonds. The SMILES string of the molecule is CCCN(CCC)C(=O)c1cccc(NCC(=O)N2CCCCCC2)c1. The molecule has 26 heavy (non-hydrogen) atoms. The van der Waals surface area contributed by atoms with E-state index in [1.54, 1.807) is 0 Å². The van der Waals surface area contributed by atoms with E-state index in [-0.39, 0.29) is 18.4 Å². The third-order valence-electron chi connectivity index (χ3n) is 4.79. The van der Waals surface area contributed by atoms with Gasteiger partial charge in [-0.3, -0.25) is 9.59 Å². The summed E-state index contributed by atoms with van der Waals surface area (Å²) in [6.45, 7) is 7.73. The maximum atomic E-state index is 12.7. The number of carbonyl (C=O) groups is 2. The fourth-order valence-electron chi connectivity index (χ4n) is 3.41. The van der Waals surface area contributed by atoms with Crippen LogP contribution in [0, 0.1) is 0 Å². The van der Waals surface area contributed by atoms with Crippen molar-refractivity contribution in [3.63, 3.8) is 0 Å². The third kappa shape index (κ3) is 6.04. The molecule has 0 bridgehead atoms. The Bertz CT molecular complexity index is 574. The third-order valence-corrected chi connectivity index (χ3v) is 4.79. The summed E-state index contributed by atoms with van der Waals surface area (Å²) in [6.07, 6.45) is 6.53. The lowest BCUT2D eigenvalue weighted by atomic mass is 10.1. The summed E-state index contributed by atoms with van der Waals surface area (Å²) < 4.78 is 0. The van der Waals surface area contributed by atoms with Crippen LogP contribution in [0.5, 0.6) is 0 Å². The van der Waals surface area contributed by atoms with Crippen LogP contribution in [0.15, 0.2) is 24.3 Å². The van der Waals surface area contributed by atoms with E-state index in [1.807, 2.05) is 34.1 Å². The maximum absolute atomic E-state index is 12.7. The smallest absolute Gasteiger partial charge is 0.253 e. The Morgan fingerprint density at radius 3 is 2.31 bits per heavy atom. The summed E-state index contributed by atoms with van der Waals surface area (Å²) in [5, 5.41) is 3.20. The van der Waals surface area contributed by atoms with Crippen molar-refractivity contribution in [3.05, 3.63) is 29.8 Å². The zero-order valence-corrected chi connectivity index (χ0v) is 16.3. The van der Waals surface area contributed by atoms with Crippen LogP contribution in [-0.4, -0.2) is 54.3 Å². The summed E-state index contributed by atoms with van der Waals surface area (Å²) in [5.41, 5.74) is 1.51. The number of rotatable bonds is 8. The van der Waals surface area contributed by atoms with E-state index in [4.69, 9.17) is 0 Å². The Morgan fingerprint density at radius 1 is 1.04 bits per heavy atom. The molecule has 5 heteroatoms. The van der Waals surface area contributed by atoms with Gasteiger partial charge in [-0.15, -0.1) is 0 Å². The Balaban J connectivity index is 1.95. The lowest BCUT2D eigenvalue weighted by Gasteiger charge is -2.22. The average molecular weight is 360 g/mol. The van der Waals surface area contributed by atoms with Crippen LogP contribution in [0.1, 0.15) is 62.7 Å². The molecule has 1 aliphatic heterocycles. The number of benzene rings is 1. The van der Waals surface area contributed by atoms with Gasteiger partial charge in [-0.2, -0.15) is 0 Å². The second-order valence-electron chi connectivity index (χ2n) is 7.02. The molecule has 144 valence electrons. The summed E-state index contributed by atoms with van der Waals surface area (Å²) in [5.74, 6) is 0.207. The Morgan fingerprint density at radius 2 is 1.69 bits per heavy atom. The van der Waals surface area contributed by atoms with Gasteiger partial charge in [-0.05, 0) is 43.9 Å². The predicted molar refractivity (Wildman–Crippen MR) is 106 cm³/mol. The second-order valence-corrected chi connectivity index (χ2v) is 7.02. The van der Waals surface area contributed by atoms with Crippen LogP contribution in [0.3, 0.4) is 0 Å². The van der Waals surface area contributed by atoms with Gasteiger partial charge in [-0.1, -0.05) is 32.8 Å². The zero-order chi connectivity index (χ0) is 18.8. The van der Waals surface area contributed by atoms with Crippen LogP contribution in [0.25, 0.3) is 0 Å². The molecular formula is C21H33N3O2. The fourth-order valence-corrected chi connectivity index (χ4v) is 3.41. The van der Waals surface area contributed by atoms with Crippen LogP contribution >= 0.6 is 0 Å². The standard InChI is InChI=1S/C21H33N3O2/c1-3-12-24(13-4-2)21(26)18-10-9-11-19(16-18)22-17-20(25)23-14-7-5-6-8-15-23/h9-11,16,22H,3-8,12-15,17H2,1-2H3. The van der Waals surface area contributed by atoms with Gasteiger partial charge in [0.05, 0.1) is 6.54 Å². The molecular weight excluding hydrogens is 326 g/mol. The molecule has 1 fully saturated rings. The van der Waals surface area contributed by atoms with Crippen LogP contribution < -0.4 is 5.32 Å². The number of nitrogens with one attached hydrogen (secondary N) is 1. The highest BCUT2D eigenvalue weighted by Gasteiger charge is 2.16. The summed E-state index contributed by atoms with van der Waals surface area (Å²) >= 11 is 0. The molecule has 1 saturated heterocycles. The summed E-state index contributed by atoms with van der Waals surface area (Å²) in [6, 6.07) is 7.50. The number of hydrogen-bond donors (Lipinski definition) is 1. The molecule has 2 rings (SSSR count). The van der Waals surface area contributed by atoms with Gasteiger partial charge in [0, 0.05) is 37.4 Å². The van der Waals surface area contributed by atoms with Crippen molar-refractivity contribution >= 4 is 17.5 Å². The van der Waals surface area contributed by atoms with Gasteiger partial charge in [-0.25, -0.2) is 0 Å². The topological polar surface area (TPSA) is 52.7 Å². The first-order valence-electron chi connectivity index (χ1n) is 10.1. The van der Waals surface area contributed by atoms with Gasteiger partial charge in [0.2, 0.25) is 5.91 Å². The highest BCUT2D eigenvalue weighted by atomic mass is 16.2. The molecule has 1 aromatic carbocycles. The first kappa shape index (κ1) is 20.3. The van der Waals surface area contributed by atoms with Gasteiger partial charge in [0.25, 0.3) is 5.91 Å². The number of anilines is 1. The molecule has 5 nitrogen and oxygen atoms in total. The minimum atomic E-state index is 0.0659. The maximum Gasteiger partial charge on any atom is 0.253 e. The second kappa shape index (κ2) is 10.8. The van der Waals surface area contributed by atoms with Crippen molar-refractivity contribution in [2.75, 3.05) is 38.0 Å². The Hall–Kier alpha value is -2.04. The highest BCUT2D eigenvalue weighted by molar-refractivity contribution is 5.95. The summed E-state index contributed by atoms with van der Waals surface area (Å²) in [7, 11) is 0. The molecule has 1 N–H and O–H groups in total. The van der Waals surface area contributed by atoms with Crippen LogP contribution in [0.2, 0.25) is 0 Å². The van der Waals surface area contributed by atoms with Crippen LogP contribution in [0.4, 0.5) is 5.69 Å². The van der Waals surface area contributed by atoms with E-state index >= 15 is 0 Å². The van der Waals surface area contributed by atoms with Crippen LogP contribution in [-0.2, 0) is 4.79 Å². The van der Waals surface area contributed by atoms with Gasteiger partial charge in [0.15, 0.2) is 0 Å². The first-order chi connectivity index (χ1) is 12.7. The van der Waals surface area contributed by atoms with Crippen molar-refractivity contribution in [1.82, 2.24) is 9.80 Å². The normalized spacial score (nSPS) is 14.6. The minimum absolute atomic E-state index is 0.0659. The fraction of sp³-hybridized carbons (Fsp3) is 0.619. The zero-order valence-electron chi connectivity index (χ0n) is 16.3. The van der Waals surface area contributed by atoms with E-state index in [9.17, 15) is 9.59 Å². The molecule has 0 radical (unpaired) electrons. The Labute approximate surface area is 157 Å². The average Bonchev–Trinajstić information content (AvgIpc) is 2.95. The van der Waals surface area contributed by atoms with E-state index in [0.717, 1.165) is 57.5 Å². The quantitative estimate of drug-likeness (QED) is 0.769. The number of amides is 2. The molecule has 0 saturated carbocycles. The molecule has 0 aromatic heterocycles. The molecule has 1 aromatic rings. The van der Waals surface area contributed by atoms with Gasteiger partial charge >= 0.3 is 0 Å². The number of carbonyl (C=O) groups excluding carboxylic acids is 2. The Kier molecular flexibility index (Phi) is 8.45. The number of nitrogens with zero attached hydrogens (tertiary/aromatic N) is 2. The lowest BCUT2D eigenvalue weighted by Crippen LogP contribution is -2.36. The predicted octanol–water partition coefficient (Wildman–Crippen LogP) is 3.76. The molecule has 0 aliphatic carbocycles. The van der Waals surface area contributed by atoms with Crippen molar-refractivity contribution in [3.8, 4) is 0 Å². The van der Waals surface area contributed by atoms with Crippen molar-refractivity contribution in [2.24, 2.45) is 0 Å². The van der Waals surface area contributed by atoms with Crippen molar-refractivity contribution < 1.29 is 9.59 Å². The molecule has 0 atom stereocenters. The largest absolute Gasteiger partial charge is 0.376 e. The molecule has 0 unspecified atom stereocenters. The van der Waals surface area contributed by atoms with E-state index in [2.05, 4.69) is 19.2 Å². The van der Waals surface area contributed by atoms with Crippen molar-refractivity contribution in [2.45, 2.75) is 52.4 Å². The minimum Gasteiger partial charge on any atom is -0.376 e. The molecule has 1 heterocycles. The first-order valence-corrected chi connectivity index (χ1v) is 10.1. The number of hydrogen-bond acceptors (Lipinski definition) is 3. The van der Waals surface area contributed by atoms with E-state index < -0.39 is 0 Å². The molecule has 1 aliphatic rings. The lowest BCUT2D eigenvalue weighted by molar-refractivity contribution is -0.129. The number of likely N-dealkylation sites (tertiary alicyclic amines) is 1.